The second-order valence-electron chi connectivity index (χ2n) is 23.3. The fourth-order valence-corrected chi connectivity index (χ4v) is 12.8. The van der Waals surface area contributed by atoms with Crippen molar-refractivity contribution in [3.05, 3.63) is 0 Å². The second kappa shape index (κ2) is 51.5. The van der Waals surface area contributed by atoms with Gasteiger partial charge in [-0.05, 0) is 38.5 Å². The van der Waals surface area contributed by atoms with Gasteiger partial charge in [0.25, 0.3) is 35.8 Å². The number of carbonyl (C=O) groups excluding carboxylic acids is 9. The van der Waals surface area contributed by atoms with Crippen LogP contribution in [0.5, 0.6) is 0 Å². The molecule has 2 saturated heterocycles. The SMILES string of the molecule is CCCCCCCCCCCCCCCC(=O)N[C@H]1CCC(=O)[O][Al]([O]C(=O)CC[C@H](NC(=O)CCCCCCCCCCCCCCC)C(=O)[O][Al]2[O]C(=O)CC[C@@H](NC(=O)CCCCCCCCCCCCCCC)C(=O)[O]2)[O]C1=O. The Bertz CT molecular complexity index is 1810. The highest BCUT2D eigenvalue weighted by Crippen LogP contribution is 2.19. The Morgan fingerprint density at radius 1 is 0.398 bits per heavy atom. The number of rotatable bonds is 51. The molecule has 0 spiro atoms. The molecule has 0 aromatic rings. The molecule has 2 aliphatic rings. The van der Waals surface area contributed by atoms with Crippen molar-refractivity contribution < 1.29 is 65.9 Å². The first-order valence-electron chi connectivity index (χ1n) is 33.4. The molecule has 2 fully saturated rings. The Labute approximate surface area is 510 Å². The van der Waals surface area contributed by atoms with Crippen molar-refractivity contribution in [3.8, 4) is 0 Å². The van der Waals surface area contributed by atoms with E-state index >= 15 is 0 Å². The summed E-state index contributed by atoms with van der Waals surface area (Å²) in [6, 6.07) is -3.85. The molecule has 0 unspecified atom stereocenters. The molecule has 2 heterocycles. The number of amides is 3. The van der Waals surface area contributed by atoms with Crippen molar-refractivity contribution in [2.45, 2.75) is 347 Å². The van der Waals surface area contributed by atoms with Crippen molar-refractivity contribution in [3.63, 3.8) is 0 Å². The summed E-state index contributed by atoms with van der Waals surface area (Å²) in [6.07, 6.45) is 43.5. The van der Waals surface area contributed by atoms with E-state index in [1.807, 2.05) is 0 Å². The molecule has 18 nitrogen and oxygen atoms in total. The summed E-state index contributed by atoms with van der Waals surface area (Å²) in [7, 11) is 0. The van der Waals surface area contributed by atoms with Gasteiger partial charge in [0.1, 0.15) is 18.1 Å². The van der Waals surface area contributed by atoms with Crippen LogP contribution in [0.4, 0.5) is 0 Å². The van der Waals surface area contributed by atoms with Crippen LogP contribution in [0.3, 0.4) is 0 Å². The monoisotopic (exact) mass is 1200 g/mol. The van der Waals surface area contributed by atoms with Crippen LogP contribution in [0.2, 0.25) is 0 Å². The minimum atomic E-state index is -3.91. The third kappa shape index (κ3) is 41.9. The minimum Gasteiger partial charge on any atom is -0.551 e. The topological polar surface area (TPSA) is 245 Å². The molecule has 3 N–H and O–H groups in total. The van der Waals surface area contributed by atoms with Gasteiger partial charge in [-0.25, -0.2) is 0 Å². The molecule has 0 saturated carbocycles. The van der Waals surface area contributed by atoms with Crippen LogP contribution < -0.4 is 16.0 Å². The number of unbranched alkanes of at least 4 members (excludes halogenated alkanes) is 36. The van der Waals surface area contributed by atoms with E-state index in [0.29, 0.717) is 19.3 Å². The number of hydrogen-bond acceptors (Lipinski definition) is 15. The van der Waals surface area contributed by atoms with Crippen molar-refractivity contribution in [2.75, 3.05) is 0 Å². The highest BCUT2D eigenvalue weighted by atomic mass is 27.3. The lowest BCUT2D eigenvalue weighted by atomic mass is 10.0. The molecule has 0 radical (unpaired) electrons. The number of nitrogens with one attached hydrogen (secondary N) is 3. The van der Waals surface area contributed by atoms with Gasteiger partial charge in [0.15, 0.2) is 0 Å². The van der Waals surface area contributed by atoms with Gasteiger partial charge in [-0.1, -0.05) is 252 Å². The molecule has 0 bridgehead atoms. The Kier molecular flexibility index (Phi) is 46.8. The molecule has 83 heavy (non-hydrogen) atoms. The number of carbonyl (C=O) groups is 9. The minimum absolute atomic E-state index is 0.0650. The summed E-state index contributed by atoms with van der Waals surface area (Å²) in [5, 5.41) is 7.92. The lowest BCUT2D eigenvalue weighted by molar-refractivity contribution is -0.154. The van der Waals surface area contributed by atoms with E-state index < -0.39 is 103 Å². The zero-order valence-corrected chi connectivity index (χ0v) is 54.3. The molecular weight excluding hydrogens is 1090 g/mol. The van der Waals surface area contributed by atoms with Crippen LogP contribution in [0.1, 0.15) is 329 Å². The van der Waals surface area contributed by atoms with Gasteiger partial charge in [0.2, 0.25) is 17.7 Å². The molecule has 0 aromatic carbocycles. The third-order valence-electron chi connectivity index (χ3n) is 15.6. The van der Waals surface area contributed by atoms with Gasteiger partial charge >= 0.3 is 30.3 Å². The zero-order valence-electron chi connectivity index (χ0n) is 52.0. The van der Waals surface area contributed by atoms with E-state index in [2.05, 4.69) is 36.7 Å². The summed E-state index contributed by atoms with van der Waals surface area (Å²) >= 11 is -7.71. The molecule has 3 amide bonds. The van der Waals surface area contributed by atoms with E-state index in [0.717, 1.165) is 64.2 Å². The first-order chi connectivity index (χ1) is 40.3. The van der Waals surface area contributed by atoms with Crippen LogP contribution in [0.15, 0.2) is 0 Å². The van der Waals surface area contributed by atoms with Crippen molar-refractivity contribution >= 4 is 83.8 Å². The molecular formula is C63H111Al2N3O15. The fraction of sp³-hybridized carbons (Fsp3) is 0.857. The molecule has 0 aromatic heterocycles. The quantitative estimate of drug-likeness (QED) is 0.0379. The van der Waals surface area contributed by atoms with Crippen LogP contribution in [-0.4, -0.2) is 102 Å². The third-order valence-corrected chi connectivity index (χ3v) is 18.3. The maximum Gasteiger partial charge on any atom is 1.20 e. The summed E-state index contributed by atoms with van der Waals surface area (Å²) < 4.78 is 32.1. The number of hydrogen-bond donors (Lipinski definition) is 3. The van der Waals surface area contributed by atoms with E-state index in [4.69, 9.17) is 22.7 Å². The highest BCUT2D eigenvalue weighted by molar-refractivity contribution is 6.45. The average Bonchev–Trinajstić information content (AvgIpc) is 3.46. The summed E-state index contributed by atoms with van der Waals surface area (Å²) in [5.74, 6) is -6.84. The van der Waals surface area contributed by atoms with E-state index in [1.165, 1.54) is 167 Å². The highest BCUT2D eigenvalue weighted by Gasteiger charge is 2.53. The van der Waals surface area contributed by atoms with E-state index in [9.17, 15) is 43.2 Å². The summed E-state index contributed by atoms with van der Waals surface area (Å²) in [6.45, 7) is 6.67. The Balaban J connectivity index is 1.93. The van der Waals surface area contributed by atoms with Crippen LogP contribution in [0.25, 0.3) is 0 Å². The van der Waals surface area contributed by atoms with Crippen molar-refractivity contribution in [1.82, 2.24) is 16.0 Å². The van der Waals surface area contributed by atoms with Gasteiger partial charge in [0.05, 0.1) is 0 Å². The van der Waals surface area contributed by atoms with Crippen LogP contribution in [-0.2, 0) is 65.9 Å². The van der Waals surface area contributed by atoms with Gasteiger partial charge < -0.3 is 38.7 Å². The predicted octanol–water partition coefficient (Wildman–Crippen LogP) is 13.5. The first-order valence-corrected chi connectivity index (χ1v) is 36.3. The maximum absolute atomic E-state index is 13.8. The standard InChI is InChI=1S/3C21H39NO5.2Al/c3*1-2-3-4-5-6-7-8-9-10-11-12-13-14-15-19(23)22-18(21(26)27)16-17-20(24)25;;/h3*18H,2-17H2,1H3,(H,22,23)(H,24,25)(H,26,27);;/q;;;2*+3/p-6/t3*18-;;/m100../s1. The lowest BCUT2D eigenvalue weighted by Gasteiger charge is -2.24. The van der Waals surface area contributed by atoms with Gasteiger partial charge in [-0.3, -0.25) is 43.2 Å². The largest absolute Gasteiger partial charge is 1.20 e. The van der Waals surface area contributed by atoms with E-state index in [1.54, 1.807) is 0 Å². The average molecular weight is 1200 g/mol. The molecule has 2 aliphatic heterocycles. The summed E-state index contributed by atoms with van der Waals surface area (Å²) in [4.78, 5) is 118. The second-order valence-corrected chi connectivity index (χ2v) is 25.9. The van der Waals surface area contributed by atoms with Crippen LogP contribution >= 0.6 is 0 Å². The summed E-state index contributed by atoms with van der Waals surface area (Å²) in [5.41, 5.74) is 0. The van der Waals surface area contributed by atoms with Gasteiger partial charge in [-0.15, -0.1) is 0 Å². The fourth-order valence-electron chi connectivity index (χ4n) is 10.4. The molecule has 3 atom stereocenters. The van der Waals surface area contributed by atoms with Crippen molar-refractivity contribution in [2.24, 2.45) is 0 Å². The first kappa shape index (κ1) is 75.4. The van der Waals surface area contributed by atoms with Crippen LogP contribution in [0, 0.1) is 0 Å². The Morgan fingerprint density at radius 2 is 0.687 bits per heavy atom. The normalized spacial score (nSPS) is 16.0. The lowest BCUT2D eigenvalue weighted by Crippen LogP contribution is -2.50. The Hall–Kier alpha value is -3.71. The van der Waals surface area contributed by atoms with Gasteiger partial charge in [-0.2, -0.15) is 0 Å². The Morgan fingerprint density at radius 3 is 1.01 bits per heavy atom. The van der Waals surface area contributed by atoms with E-state index in [-0.39, 0.29) is 56.8 Å². The molecule has 20 heteroatoms. The predicted molar refractivity (Wildman–Crippen MR) is 322 cm³/mol. The van der Waals surface area contributed by atoms with Gasteiger partial charge in [0, 0.05) is 38.5 Å². The maximum atomic E-state index is 13.8. The molecule has 2 rings (SSSR count). The smallest absolute Gasteiger partial charge is 0.551 e. The zero-order chi connectivity index (χ0) is 60.4. The van der Waals surface area contributed by atoms with Crippen molar-refractivity contribution in [1.29, 1.82) is 0 Å². The molecule has 0 aliphatic carbocycles. The molecule has 474 valence electrons.